The third-order valence-electron chi connectivity index (χ3n) is 4.01. The Morgan fingerprint density at radius 3 is 0.741 bits per heavy atom. The van der Waals surface area contributed by atoms with E-state index in [-0.39, 0.29) is 0 Å². The molecule has 0 saturated carbocycles. The van der Waals surface area contributed by atoms with Crippen LogP contribution in [-0.4, -0.2) is 58.6 Å². The third kappa shape index (κ3) is 12.3. The van der Waals surface area contributed by atoms with Crippen LogP contribution in [0, 0.1) is 0 Å². The van der Waals surface area contributed by atoms with Gasteiger partial charge < -0.3 is 0 Å². The molecule has 0 atom stereocenters. The molecule has 0 unspecified atom stereocenters. The first-order valence-corrected chi connectivity index (χ1v) is 37.0. The summed E-state index contributed by atoms with van der Waals surface area (Å²) in [5, 5.41) is 0. The number of hydrogen-bond donors (Lipinski definition) is 0. The summed E-state index contributed by atoms with van der Waals surface area (Å²) in [7, 11) is 1.19. The van der Waals surface area contributed by atoms with Gasteiger partial charge in [0.2, 0.25) is 0 Å². The van der Waals surface area contributed by atoms with Gasteiger partial charge in [-0.2, -0.15) is 0 Å². The van der Waals surface area contributed by atoms with Crippen molar-refractivity contribution in [1.29, 1.82) is 0 Å². The van der Waals surface area contributed by atoms with Gasteiger partial charge in [0.25, 0.3) is 0 Å². The zero-order valence-corrected chi connectivity index (χ0v) is 31.5. The maximum atomic E-state index is 2.44. The minimum absolute atomic E-state index is 0.836. The molecule has 0 amide bonds. The Morgan fingerprint density at radius 2 is 0.630 bits per heavy atom. The van der Waals surface area contributed by atoms with E-state index in [4.69, 9.17) is 0 Å². The summed E-state index contributed by atoms with van der Waals surface area (Å²) in [6.07, 6.45) is 0. The Labute approximate surface area is 215 Å². The predicted molar refractivity (Wildman–Crippen MR) is 155 cm³/mol. The molecule has 7 heteroatoms. The fourth-order valence-corrected chi connectivity index (χ4v) is 22.4. The van der Waals surface area contributed by atoms with Crippen LogP contribution in [0.5, 0.6) is 0 Å². The number of halogens is 2. The molecule has 0 spiro atoms. The van der Waals surface area contributed by atoms with E-state index >= 15 is 0 Å². The van der Waals surface area contributed by atoms with Crippen molar-refractivity contribution in [3.05, 3.63) is 48.5 Å². The van der Waals surface area contributed by atoms with Gasteiger partial charge >= 0.3 is 219 Å². The third-order valence-corrected chi connectivity index (χ3v) is 18.9. The van der Waals surface area contributed by atoms with Crippen molar-refractivity contribution < 1.29 is 8.46 Å². The van der Waals surface area contributed by atoms with Crippen molar-refractivity contribution in [1.82, 2.24) is 0 Å². The van der Waals surface area contributed by atoms with Gasteiger partial charge in [-0.25, -0.2) is 0 Å². The molecule has 0 fully saturated rings. The molecule has 27 heavy (non-hydrogen) atoms. The van der Waals surface area contributed by atoms with Crippen LogP contribution in [-0.2, 0) is 8.46 Å². The Kier molecular flexibility index (Phi) is 18.9. The summed E-state index contributed by atoms with van der Waals surface area (Å²) in [5.41, 5.74) is 19.6. The second-order valence-electron chi connectivity index (χ2n) is 7.14. The average molecular weight is 886 g/mol. The summed E-state index contributed by atoms with van der Waals surface area (Å²) >= 11 is 1.21. The van der Waals surface area contributed by atoms with Gasteiger partial charge in [-0.05, 0) is 0 Å². The molecule has 0 N–H and O–H groups in total. The Morgan fingerprint density at radius 1 is 0.481 bits per heavy atom. The summed E-state index contributed by atoms with van der Waals surface area (Å²) < 4.78 is 6.94. The van der Waals surface area contributed by atoms with E-state index < -0.39 is 58.6 Å². The van der Waals surface area contributed by atoms with Gasteiger partial charge in [0.15, 0.2) is 0 Å². The molecule has 158 valence electrons. The van der Waals surface area contributed by atoms with Crippen LogP contribution in [0.2, 0.25) is 45.7 Å². The first kappa shape index (κ1) is 29.7. The molecule has 0 bridgehead atoms. The Bertz CT molecular complexity index is 540. The average Bonchev–Trinajstić information content (AvgIpc) is 2.62. The van der Waals surface area contributed by atoms with E-state index in [0.717, 1.165) is 0 Å². The van der Waals surface area contributed by atoms with E-state index in [1.165, 1.54) is 8.46 Å². The van der Waals surface area contributed by atoms with Crippen LogP contribution < -0.4 is 17.4 Å². The van der Waals surface area contributed by atoms with Gasteiger partial charge in [0.1, 0.15) is 0 Å². The standard InChI is InChI=1S/2C10H18As2.Fe.2HI/c2*1-11(2)9-7-5-6-8-10(9)12(3)4;;;/h2*5-8,11-12H,1-4H3;;2*1H/q;;+2;;/p-2. The van der Waals surface area contributed by atoms with Gasteiger partial charge in [0, 0.05) is 0 Å². The monoisotopic (exact) mass is 886 g/mol. The second-order valence-corrected chi connectivity index (χ2v) is 37.8. The van der Waals surface area contributed by atoms with E-state index in [1.807, 2.05) is 0 Å². The van der Waals surface area contributed by atoms with Gasteiger partial charge in [0.05, 0.1) is 0 Å². The van der Waals surface area contributed by atoms with Crippen LogP contribution in [0.3, 0.4) is 0 Å². The fraction of sp³-hybridized carbons (Fsp3) is 0.400. The van der Waals surface area contributed by atoms with Crippen LogP contribution >= 0.6 is 40.7 Å². The molecule has 0 aliphatic heterocycles. The molecule has 2 aromatic rings. The number of benzene rings is 2. The zero-order valence-electron chi connectivity index (χ0n) is 17.7. The molecule has 2 rings (SSSR count). The predicted octanol–water partition coefficient (Wildman–Crippen LogP) is 3.92. The molecule has 0 saturated heterocycles. The quantitative estimate of drug-likeness (QED) is 0.323. The molecular weight excluding hydrogens is 850 g/mol. The van der Waals surface area contributed by atoms with Gasteiger partial charge in [-0.15, -0.1) is 0 Å². The van der Waals surface area contributed by atoms with E-state index in [1.54, 1.807) is 17.4 Å². The molecular formula is C20H36As4FeI2. The first-order chi connectivity index (χ1) is 12.7. The summed E-state index contributed by atoms with van der Waals surface area (Å²) in [5.74, 6) is 0. The van der Waals surface area contributed by atoms with Crippen molar-refractivity contribution in [2.75, 3.05) is 0 Å². The Hall–Kier alpha value is 2.65. The molecule has 4 radical (unpaired) electrons. The van der Waals surface area contributed by atoms with Crippen molar-refractivity contribution in [3.8, 4) is 0 Å². The van der Waals surface area contributed by atoms with Crippen molar-refractivity contribution in [2.45, 2.75) is 45.7 Å². The molecule has 0 aliphatic rings. The minimum atomic E-state index is -0.836. The number of rotatable bonds is 4. The van der Waals surface area contributed by atoms with Gasteiger partial charge in [-0.3, -0.25) is 0 Å². The van der Waals surface area contributed by atoms with Crippen molar-refractivity contribution >= 4 is 117 Å². The molecule has 0 nitrogen and oxygen atoms in total. The van der Waals surface area contributed by atoms with Gasteiger partial charge in [-0.1, -0.05) is 0 Å². The molecule has 2 aromatic carbocycles. The molecule has 0 aromatic heterocycles. The molecule has 0 heterocycles. The second kappa shape index (κ2) is 17.2. The SMILES string of the molecule is C[AsH](C)c1ccccc1[AsH](C)C.C[AsH](C)c1ccccc1[AsH](C)C.[I][Fe][I]. The van der Waals surface area contributed by atoms with Crippen molar-refractivity contribution in [2.24, 2.45) is 0 Å². The van der Waals surface area contributed by atoms with Crippen molar-refractivity contribution in [3.63, 3.8) is 0 Å². The van der Waals surface area contributed by atoms with E-state index in [0.29, 0.717) is 0 Å². The maximum absolute atomic E-state index is 2.44. The van der Waals surface area contributed by atoms with Crippen LogP contribution in [0.1, 0.15) is 0 Å². The first-order valence-electron chi connectivity index (χ1n) is 8.92. The van der Waals surface area contributed by atoms with Crippen LogP contribution in [0.15, 0.2) is 48.5 Å². The topological polar surface area (TPSA) is 0 Å². The van der Waals surface area contributed by atoms with Crippen LogP contribution in [0.25, 0.3) is 0 Å². The van der Waals surface area contributed by atoms with E-state index in [2.05, 4.69) is 135 Å². The number of hydrogen-bond acceptors (Lipinski definition) is 0. The normalized spacial score (nSPS) is 10.7. The van der Waals surface area contributed by atoms with Crippen LogP contribution in [0.4, 0.5) is 0 Å². The fourth-order valence-electron chi connectivity index (χ4n) is 2.71. The zero-order chi connectivity index (χ0) is 21.0. The summed E-state index contributed by atoms with van der Waals surface area (Å²) in [4.78, 5) is 0. The summed E-state index contributed by atoms with van der Waals surface area (Å²) in [6.45, 7) is 0. The van der Waals surface area contributed by atoms with E-state index in [9.17, 15) is 0 Å². The molecule has 0 aliphatic carbocycles. The summed E-state index contributed by atoms with van der Waals surface area (Å²) in [6, 6.07) is 18.2. The Balaban J connectivity index is 0.000000438.